The van der Waals surface area contributed by atoms with Gasteiger partial charge in [-0.15, -0.1) is 0 Å². The molecule has 0 aromatic carbocycles. The SMILES string of the molecule is CC(=O)NC1CCN(S(=O)(=O)C2CCNC2)C1. The van der Waals surface area contributed by atoms with Crippen LogP contribution < -0.4 is 10.6 Å². The van der Waals surface area contributed by atoms with Crippen LogP contribution in [0.15, 0.2) is 0 Å². The highest BCUT2D eigenvalue weighted by Crippen LogP contribution is 2.20. The molecule has 0 radical (unpaired) electrons. The van der Waals surface area contributed by atoms with Crippen LogP contribution >= 0.6 is 0 Å². The molecule has 7 heteroatoms. The summed E-state index contributed by atoms with van der Waals surface area (Å²) in [4.78, 5) is 10.9. The molecule has 2 rings (SSSR count). The van der Waals surface area contributed by atoms with Crippen molar-refractivity contribution in [1.29, 1.82) is 0 Å². The second kappa shape index (κ2) is 4.91. The second-order valence-electron chi connectivity index (χ2n) is 4.70. The first kappa shape index (κ1) is 12.8. The molecule has 2 unspecified atom stereocenters. The normalized spacial score (nSPS) is 30.6. The fourth-order valence-electron chi connectivity index (χ4n) is 2.46. The number of carbonyl (C=O) groups excluding carboxylic acids is 1. The third-order valence-electron chi connectivity index (χ3n) is 3.35. The Balaban J connectivity index is 1.97. The molecule has 2 N–H and O–H groups in total. The zero-order valence-electron chi connectivity index (χ0n) is 9.98. The maximum Gasteiger partial charge on any atom is 0.218 e. The summed E-state index contributed by atoms with van der Waals surface area (Å²) in [5.74, 6) is -0.100. The molecule has 6 nitrogen and oxygen atoms in total. The lowest BCUT2D eigenvalue weighted by Crippen LogP contribution is -2.41. The number of amides is 1. The molecule has 1 amide bonds. The molecule has 2 heterocycles. The van der Waals surface area contributed by atoms with E-state index < -0.39 is 10.0 Å². The van der Waals surface area contributed by atoms with Crippen molar-refractivity contribution in [2.24, 2.45) is 0 Å². The van der Waals surface area contributed by atoms with E-state index in [2.05, 4.69) is 10.6 Å². The molecular weight excluding hydrogens is 242 g/mol. The van der Waals surface area contributed by atoms with Crippen LogP contribution in [0.2, 0.25) is 0 Å². The molecule has 0 spiro atoms. The van der Waals surface area contributed by atoms with Crippen LogP contribution in [0.1, 0.15) is 19.8 Å². The highest BCUT2D eigenvalue weighted by atomic mass is 32.2. The quantitative estimate of drug-likeness (QED) is 0.675. The van der Waals surface area contributed by atoms with E-state index in [0.29, 0.717) is 32.5 Å². The van der Waals surface area contributed by atoms with Crippen LogP contribution in [0.25, 0.3) is 0 Å². The number of nitrogens with zero attached hydrogens (tertiary/aromatic N) is 1. The van der Waals surface area contributed by atoms with Crippen LogP contribution in [-0.4, -0.2) is 56.1 Å². The average Bonchev–Trinajstić information content (AvgIpc) is 2.85. The van der Waals surface area contributed by atoms with Crippen molar-refractivity contribution in [2.75, 3.05) is 26.2 Å². The number of rotatable bonds is 3. The third kappa shape index (κ3) is 2.78. The molecule has 2 fully saturated rings. The fourth-order valence-corrected chi connectivity index (χ4v) is 4.37. The zero-order valence-corrected chi connectivity index (χ0v) is 10.8. The first-order chi connectivity index (χ1) is 8.00. The van der Waals surface area contributed by atoms with Crippen molar-refractivity contribution in [3.63, 3.8) is 0 Å². The summed E-state index contributed by atoms with van der Waals surface area (Å²) in [6.07, 6.45) is 1.39. The number of carbonyl (C=O) groups is 1. The summed E-state index contributed by atoms with van der Waals surface area (Å²) in [5.41, 5.74) is 0. The van der Waals surface area contributed by atoms with Crippen LogP contribution in [0.4, 0.5) is 0 Å². The Bertz CT molecular complexity index is 390. The predicted octanol–water partition coefficient (Wildman–Crippen LogP) is -1.11. The summed E-state index contributed by atoms with van der Waals surface area (Å²) in [7, 11) is -3.19. The van der Waals surface area contributed by atoms with Crippen molar-refractivity contribution in [3.8, 4) is 0 Å². The smallest absolute Gasteiger partial charge is 0.218 e. The van der Waals surface area contributed by atoms with Gasteiger partial charge in [0.2, 0.25) is 15.9 Å². The van der Waals surface area contributed by atoms with Gasteiger partial charge in [-0.1, -0.05) is 0 Å². The maximum absolute atomic E-state index is 12.2. The van der Waals surface area contributed by atoms with E-state index in [4.69, 9.17) is 0 Å². The van der Waals surface area contributed by atoms with E-state index in [0.717, 1.165) is 6.54 Å². The molecule has 98 valence electrons. The van der Waals surface area contributed by atoms with E-state index in [1.165, 1.54) is 11.2 Å². The fraction of sp³-hybridized carbons (Fsp3) is 0.900. The number of sulfonamides is 1. The van der Waals surface area contributed by atoms with Gasteiger partial charge < -0.3 is 10.6 Å². The number of hydrogen-bond donors (Lipinski definition) is 2. The molecule has 0 aliphatic carbocycles. The molecule has 0 bridgehead atoms. The van der Waals surface area contributed by atoms with Gasteiger partial charge in [0.1, 0.15) is 0 Å². The van der Waals surface area contributed by atoms with Crippen LogP contribution in [0.3, 0.4) is 0 Å². The van der Waals surface area contributed by atoms with Crippen LogP contribution in [-0.2, 0) is 14.8 Å². The number of nitrogens with one attached hydrogen (secondary N) is 2. The largest absolute Gasteiger partial charge is 0.352 e. The first-order valence-corrected chi connectivity index (χ1v) is 7.47. The average molecular weight is 261 g/mol. The van der Waals surface area contributed by atoms with Gasteiger partial charge in [-0.25, -0.2) is 8.42 Å². The Morgan fingerprint density at radius 1 is 1.41 bits per heavy atom. The van der Waals surface area contributed by atoms with E-state index in [9.17, 15) is 13.2 Å². The Kier molecular flexibility index (Phi) is 3.70. The Labute approximate surface area is 102 Å². The molecule has 2 atom stereocenters. The van der Waals surface area contributed by atoms with Crippen molar-refractivity contribution in [1.82, 2.24) is 14.9 Å². The predicted molar refractivity (Wildman–Crippen MR) is 64.0 cm³/mol. The van der Waals surface area contributed by atoms with Crippen LogP contribution in [0, 0.1) is 0 Å². The van der Waals surface area contributed by atoms with Crippen LogP contribution in [0.5, 0.6) is 0 Å². The van der Waals surface area contributed by atoms with Gasteiger partial charge >= 0.3 is 0 Å². The van der Waals surface area contributed by atoms with E-state index in [-0.39, 0.29) is 17.2 Å². The van der Waals surface area contributed by atoms with E-state index >= 15 is 0 Å². The molecule has 2 aliphatic heterocycles. The maximum atomic E-state index is 12.2. The molecular formula is C10H19N3O3S. The molecule has 17 heavy (non-hydrogen) atoms. The lowest BCUT2D eigenvalue weighted by molar-refractivity contribution is -0.119. The van der Waals surface area contributed by atoms with Crippen molar-refractivity contribution >= 4 is 15.9 Å². The minimum absolute atomic E-state index is 0.0309. The lowest BCUT2D eigenvalue weighted by atomic mass is 10.3. The molecule has 2 saturated heterocycles. The van der Waals surface area contributed by atoms with Crippen molar-refractivity contribution in [3.05, 3.63) is 0 Å². The molecule has 0 saturated carbocycles. The molecule has 2 aliphatic rings. The van der Waals surface area contributed by atoms with Gasteiger partial charge in [-0.3, -0.25) is 4.79 Å². The highest BCUT2D eigenvalue weighted by molar-refractivity contribution is 7.89. The lowest BCUT2D eigenvalue weighted by Gasteiger charge is -2.20. The molecule has 0 aromatic rings. The Morgan fingerprint density at radius 3 is 2.76 bits per heavy atom. The monoisotopic (exact) mass is 261 g/mol. The first-order valence-electron chi connectivity index (χ1n) is 5.97. The number of hydrogen-bond acceptors (Lipinski definition) is 4. The summed E-state index contributed by atoms with van der Waals surface area (Å²) >= 11 is 0. The Hall–Kier alpha value is -0.660. The minimum Gasteiger partial charge on any atom is -0.352 e. The van der Waals surface area contributed by atoms with Crippen molar-refractivity contribution < 1.29 is 13.2 Å². The van der Waals surface area contributed by atoms with Gasteiger partial charge in [-0.05, 0) is 19.4 Å². The highest BCUT2D eigenvalue weighted by Gasteiger charge is 2.38. The van der Waals surface area contributed by atoms with Gasteiger partial charge in [0.25, 0.3) is 0 Å². The summed E-state index contributed by atoms with van der Waals surface area (Å²) in [5, 5.41) is 5.55. The van der Waals surface area contributed by atoms with Gasteiger partial charge in [-0.2, -0.15) is 4.31 Å². The zero-order chi connectivity index (χ0) is 12.5. The summed E-state index contributed by atoms with van der Waals surface area (Å²) in [6.45, 7) is 3.71. The van der Waals surface area contributed by atoms with E-state index in [1.54, 1.807) is 0 Å². The third-order valence-corrected chi connectivity index (χ3v) is 5.65. The van der Waals surface area contributed by atoms with Gasteiger partial charge in [0.05, 0.1) is 5.25 Å². The van der Waals surface area contributed by atoms with E-state index in [1.807, 2.05) is 0 Å². The topological polar surface area (TPSA) is 78.5 Å². The standard InChI is InChI=1S/C10H19N3O3S/c1-8(14)12-9-3-5-13(7-9)17(15,16)10-2-4-11-6-10/h9-11H,2-7H2,1H3,(H,12,14). The van der Waals surface area contributed by atoms with Crippen molar-refractivity contribution in [2.45, 2.75) is 31.1 Å². The minimum atomic E-state index is -3.19. The van der Waals surface area contributed by atoms with Gasteiger partial charge in [0, 0.05) is 32.6 Å². The second-order valence-corrected chi connectivity index (χ2v) is 6.92. The summed E-state index contributed by atoms with van der Waals surface area (Å²) in [6, 6.07) is -0.0309. The Morgan fingerprint density at radius 2 is 2.18 bits per heavy atom. The molecule has 0 aromatic heterocycles. The summed E-state index contributed by atoms with van der Waals surface area (Å²) < 4.78 is 26.0. The van der Waals surface area contributed by atoms with Gasteiger partial charge in [0.15, 0.2) is 0 Å².